The van der Waals surface area contributed by atoms with Crippen molar-refractivity contribution in [2.24, 2.45) is 0 Å². The standard InChI is InChI=1S/C21H24FNO3/c1-5-13-6-9-17-15(11-13)18(19(24)21(3,4)26-17)23-20(25)14-7-8-16(22)12(2)10-14/h6-11,18-19,24H,5H2,1-4H3,(H,23,25)/t18-,19+/m1/s1. The number of benzene rings is 2. The van der Waals surface area contributed by atoms with E-state index in [9.17, 15) is 14.3 Å². The van der Waals surface area contributed by atoms with E-state index < -0.39 is 17.7 Å². The van der Waals surface area contributed by atoms with Gasteiger partial charge < -0.3 is 15.2 Å². The highest BCUT2D eigenvalue weighted by molar-refractivity contribution is 5.94. The molecule has 2 atom stereocenters. The summed E-state index contributed by atoms with van der Waals surface area (Å²) in [6, 6.07) is 9.42. The number of aliphatic hydroxyl groups is 1. The number of aryl methyl sites for hydroxylation is 2. The molecule has 2 aromatic carbocycles. The van der Waals surface area contributed by atoms with Crippen molar-refractivity contribution >= 4 is 5.91 Å². The molecule has 0 fully saturated rings. The maximum absolute atomic E-state index is 13.5. The third kappa shape index (κ3) is 3.31. The van der Waals surface area contributed by atoms with Gasteiger partial charge in [0.2, 0.25) is 0 Å². The highest BCUT2D eigenvalue weighted by Gasteiger charge is 2.43. The third-order valence-electron chi connectivity index (χ3n) is 4.93. The summed E-state index contributed by atoms with van der Waals surface area (Å²) in [5.74, 6) is -0.0625. The van der Waals surface area contributed by atoms with Gasteiger partial charge in [0, 0.05) is 11.1 Å². The lowest BCUT2D eigenvalue weighted by atomic mass is 9.85. The molecule has 0 aliphatic carbocycles. The van der Waals surface area contributed by atoms with E-state index in [1.54, 1.807) is 20.8 Å². The molecule has 26 heavy (non-hydrogen) atoms. The Morgan fingerprint density at radius 3 is 2.65 bits per heavy atom. The molecule has 1 heterocycles. The topological polar surface area (TPSA) is 58.6 Å². The van der Waals surface area contributed by atoms with Crippen LogP contribution in [0.25, 0.3) is 0 Å². The molecule has 138 valence electrons. The van der Waals surface area contributed by atoms with E-state index in [1.807, 2.05) is 25.1 Å². The second-order valence-electron chi connectivity index (χ2n) is 7.29. The van der Waals surface area contributed by atoms with Crippen LogP contribution in [-0.4, -0.2) is 22.7 Å². The number of hydrogen-bond acceptors (Lipinski definition) is 3. The van der Waals surface area contributed by atoms with Crippen LogP contribution < -0.4 is 10.1 Å². The van der Waals surface area contributed by atoms with Crippen LogP contribution in [0.1, 0.15) is 53.9 Å². The Morgan fingerprint density at radius 1 is 1.27 bits per heavy atom. The normalized spacial score (nSPS) is 20.8. The number of aliphatic hydroxyl groups excluding tert-OH is 1. The fourth-order valence-corrected chi connectivity index (χ4v) is 3.24. The lowest BCUT2D eigenvalue weighted by molar-refractivity contribution is -0.0628. The van der Waals surface area contributed by atoms with Gasteiger partial charge in [0.05, 0.1) is 6.04 Å². The Labute approximate surface area is 153 Å². The van der Waals surface area contributed by atoms with Crippen molar-refractivity contribution in [3.63, 3.8) is 0 Å². The molecule has 3 rings (SSSR count). The molecule has 1 aliphatic heterocycles. The molecule has 0 unspecified atom stereocenters. The summed E-state index contributed by atoms with van der Waals surface area (Å²) in [7, 11) is 0. The number of nitrogens with one attached hydrogen (secondary N) is 1. The SMILES string of the molecule is CCc1ccc2c(c1)[C@@H](NC(=O)c1ccc(F)c(C)c1)[C@H](O)C(C)(C)O2. The van der Waals surface area contributed by atoms with Crippen LogP contribution in [-0.2, 0) is 6.42 Å². The van der Waals surface area contributed by atoms with Gasteiger partial charge in [-0.1, -0.05) is 13.0 Å². The summed E-state index contributed by atoms with van der Waals surface area (Å²) in [5.41, 5.74) is 1.75. The second-order valence-corrected chi connectivity index (χ2v) is 7.29. The number of amides is 1. The first-order valence-electron chi connectivity index (χ1n) is 8.80. The van der Waals surface area contributed by atoms with Gasteiger partial charge in [-0.25, -0.2) is 4.39 Å². The Bertz CT molecular complexity index is 847. The Morgan fingerprint density at radius 2 is 2.00 bits per heavy atom. The van der Waals surface area contributed by atoms with Crippen LogP contribution in [0.2, 0.25) is 0 Å². The van der Waals surface area contributed by atoms with Gasteiger partial charge >= 0.3 is 0 Å². The Kier molecular flexibility index (Phi) is 4.76. The minimum Gasteiger partial charge on any atom is -0.485 e. The lowest BCUT2D eigenvalue weighted by Crippen LogP contribution is -2.53. The highest BCUT2D eigenvalue weighted by Crippen LogP contribution is 2.40. The predicted molar refractivity (Wildman–Crippen MR) is 97.9 cm³/mol. The summed E-state index contributed by atoms with van der Waals surface area (Å²) in [6.45, 7) is 7.23. The van der Waals surface area contributed by atoms with Gasteiger partial charge in [-0.2, -0.15) is 0 Å². The lowest BCUT2D eigenvalue weighted by Gasteiger charge is -2.42. The average molecular weight is 357 g/mol. The van der Waals surface area contributed by atoms with Crippen molar-refractivity contribution in [3.8, 4) is 5.75 Å². The monoisotopic (exact) mass is 357 g/mol. The predicted octanol–water partition coefficient (Wildman–Crippen LogP) is 3.70. The molecular weight excluding hydrogens is 333 g/mol. The number of fused-ring (bicyclic) bond motifs is 1. The highest BCUT2D eigenvalue weighted by atomic mass is 19.1. The minimum absolute atomic E-state index is 0.355. The molecular formula is C21H24FNO3. The number of hydrogen-bond donors (Lipinski definition) is 2. The molecule has 1 amide bonds. The Balaban J connectivity index is 1.97. The maximum Gasteiger partial charge on any atom is 0.251 e. The molecule has 5 heteroatoms. The van der Waals surface area contributed by atoms with Crippen LogP contribution in [0, 0.1) is 12.7 Å². The first-order valence-corrected chi connectivity index (χ1v) is 8.80. The smallest absolute Gasteiger partial charge is 0.251 e. The number of carbonyl (C=O) groups is 1. The van der Waals surface area contributed by atoms with Crippen LogP contribution in [0.3, 0.4) is 0 Å². The van der Waals surface area contributed by atoms with Gasteiger partial charge in [-0.15, -0.1) is 0 Å². The van der Waals surface area contributed by atoms with Crippen molar-refractivity contribution in [2.45, 2.75) is 51.9 Å². The fourth-order valence-electron chi connectivity index (χ4n) is 3.24. The van der Waals surface area contributed by atoms with E-state index in [4.69, 9.17) is 4.74 Å². The number of rotatable bonds is 3. The zero-order chi connectivity index (χ0) is 19.1. The molecule has 0 spiro atoms. The number of carbonyl (C=O) groups excluding carboxylic acids is 1. The van der Waals surface area contributed by atoms with Gasteiger partial charge in [-0.3, -0.25) is 4.79 Å². The fraction of sp³-hybridized carbons (Fsp3) is 0.381. The quantitative estimate of drug-likeness (QED) is 0.881. The third-order valence-corrected chi connectivity index (χ3v) is 4.93. The summed E-state index contributed by atoms with van der Waals surface area (Å²) in [5, 5.41) is 13.7. The molecule has 0 radical (unpaired) electrons. The first kappa shape index (κ1) is 18.4. The summed E-state index contributed by atoms with van der Waals surface area (Å²) >= 11 is 0. The first-order chi connectivity index (χ1) is 12.2. The largest absolute Gasteiger partial charge is 0.485 e. The Hall–Kier alpha value is -2.40. The van der Waals surface area contributed by atoms with Crippen LogP contribution in [0.4, 0.5) is 4.39 Å². The number of ether oxygens (including phenoxy) is 1. The van der Waals surface area contributed by atoms with Gasteiger partial charge in [-0.05, 0) is 68.7 Å². The zero-order valence-electron chi connectivity index (χ0n) is 15.5. The minimum atomic E-state index is -0.924. The molecule has 0 saturated carbocycles. The van der Waals surface area contributed by atoms with Crippen molar-refractivity contribution < 1.29 is 19.0 Å². The van der Waals surface area contributed by atoms with E-state index >= 15 is 0 Å². The van der Waals surface area contributed by atoms with Gasteiger partial charge in [0.1, 0.15) is 23.3 Å². The van der Waals surface area contributed by atoms with Crippen molar-refractivity contribution in [3.05, 3.63) is 64.5 Å². The van der Waals surface area contributed by atoms with Crippen molar-refractivity contribution in [1.29, 1.82) is 0 Å². The van der Waals surface area contributed by atoms with E-state index in [2.05, 4.69) is 5.32 Å². The molecule has 0 saturated heterocycles. The summed E-state index contributed by atoms with van der Waals surface area (Å²) in [6.07, 6.45) is -0.0856. The van der Waals surface area contributed by atoms with E-state index in [0.717, 1.165) is 17.5 Å². The zero-order valence-corrected chi connectivity index (χ0v) is 15.5. The van der Waals surface area contributed by atoms with E-state index in [0.29, 0.717) is 16.9 Å². The second kappa shape index (κ2) is 6.72. The summed E-state index contributed by atoms with van der Waals surface area (Å²) in [4.78, 5) is 12.7. The average Bonchev–Trinajstić information content (AvgIpc) is 2.60. The number of halogens is 1. The van der Waals surface area contributed by atoms with Crippen LogP contribution >= 0.6 is 0 Å². The molecule has 1 aliphatic rings. The van der Waals surface area contributed by atoms with Crippen LogP contribution in [0.5, 0.6) is 5.75 Å². The molecule has 0 aromatic heterocycles. The summed E-state index contributed by atoms with van der Waals surface area (Å²) < 4.78 is 19.4. The van der Waals surface area contributed by atoms with Crippen LogP contribution in [0.15, 0.2) is 36.4 Å². The molecule has 2 aromatic rings. The molecule has 4 nitrogen and oxygen atoms in total. The molecule has 2 N–H and O–H groups in total. The van der Waals surface area contributed by atoms with Crippen molar-refractivity contribution in [2.75, 3.05) is 0 Å². The maximum atomic E-state index is 13.5. The van der Waals surface area contributed by atoms with Gasteiger partial charge in [0.25, 0.3) is 5.91 Å². The van der Waals surface area contributed by atoms with E-state index in [-0.39, 0.29) is 11.7 Å². The molecule has 0 bridgehead atoms. The van der Waals surface area contributed by atoms with Gasteiger partial charge in [0.15, 0.2) is 0 Å². The van der Waals surface area contributed by atoms with Crippen molar-refractivity contribution in [1.82, 2.24) is 5.32 Å². The van der Waals surface area contributed by atoms with E-state index in [1.165, 1.54) is 18.2 Å².